The quantitative estimate of drug-likeness (QED) is 0.600. The first kappa shape index (κ1) is 12.7. The third-order valence-electron chi connectivity index (χ3n) is 2.26. The molecule has 0 N–H and O–H groups in total. The summed E-state index contributed by atoms with van der Waals surface area (Å²) in [5.41, 5.74) is 0.556. The van der Waals surface area contributed by atoms with Crippen molar-refractivity contribution in [2.24, 2.45) is 5.92 Å². The van der Waals surface area contributed by atoms with Gasteiger partial charge >= 0.3 is 5.97 Å². The molecule has 0 amide bonds. The fourth-order valence-electron chi connectivity index (χ4n) is 1.32. The van der Waals surface area contributed by atoms with Crippen molar-refractivity contribution in [2.45, 2.75) is 13.3 Å². The minimum Gasteiger partial charge on any atom is -0.469 e. The van der Waals surface area contributed by atoms with Crippen LogP contribution in [0.25, 0.3) is 0 Å². The highest BCUT2D eigenvalue weighted by atomic mass is 35.5. The zero-order valence-corrected chi connectivity index (χ0v) is 9.95. The van der Waals surface area contributed by atoms with Gasteiger partial charge in [-0.15, -0.1) is 0 Å². The van der Waals surface area contributed by atoms with E-state index in [9.17, 15) is 9.59 Å². The molecule has 0 radical (unpaired) electrons. The van der Waals surface area contributed by atoms with Crippen LogP contribution < -0.4 is 0 Å². The second-order valence-corrected chi connectivity index (χ2v) is 3.99. The van der Waals surface area contributed by atoms with Gasteiger partial charge in [0, 0.05) is 17.0 Å². The van der Waals surface area contributed by atoms with Gasteiger partial charge in [0.25, 0.3) is 0 Å². The monoisotopic (exact) mass is 240 g/mol. The number of benzene rings is 1. The number of ether oxygens (including phenoxy) is 1. The molecule has 0 aliphatic heterocycles. The SMILES string of the molecule is COC(=O)[C@H](C)CC(=O)c1ccc(Cl)cc1. The van der Waals surface area contributed by atoms with Gasteiger partial charge in [-0.2, -0.15) is 0 Å². The molecule has 1 atom stereocenters. The lowest BCUT2D eigenvalue weighted by atomic mass is 10.00. The number of methoxy groups -OCH3 is 1. The minimum absolute atomic E-state index is 0.0884. The molecule has 0 heterocycles. The molecule has 16 heavy (non-hydrogen) atoms. The molecular formula is C12H13ClO3. The van der Waals surface area contributed by atoms with E-state index in [1.165, 1.54) is 7.11 Å². The van der Waals surface area contributed by atoms with Gasteiger partial charge in [-0.3, -0.25) is 9.59 Å². The molecule has 4 heteroatoms. The number of hydrogen-bond donors (Lipinski definition) is 0. The molecule has 0 bridgehead atoms. The number of Topliss-reactive ketones (excluding diaryl/α,β-unsaturated/α-hetero) is 1. The van der Waals surface area contributed by atoms with Gasteiger partial charge in [0.2, 0.25) is 0 Å². The van der Waals surface area contributed by atoms with Gasteiger partial charge in [-0.1, -0.05) is 18.5 Å². The zero-order valence-electron chi connectivity index (χ0n) is 9.20. The van der Waals surface area contributed by atoms with Gasteiger partial charge in [0.05, 0.1) is 13.0 Å². The molecule has 0 aliphatic carbocycles. The van der Waals surface area contributed by atoms with Crippen LogP contribution in [0, 0.1) is 5.92 Å². The van der Waals surface area contributed by atoms with Crippen molar-refractivity contribution in [3.05, 3.63) is 34.9 Å². The number of carbonyl (C=O) groups is 2. The van der Waals surface area contributed by atoms with E-state index in [1.54, 1.807) is 31.2 Å². The molecule has 3 nitrogen and oxygen atoms in total. The fraction of sp³-hybridized carbons (Fsp3) is 0.333. The summed E-state index contributed by atoms with van der Waals surface area (Å²) < 4.78 is 4.56. The number of ketones is 1. The molecule has 1 rings (SSSR count). The normalized spacial score (nSPS) is 11.9. The predicted molar refractivity (Wildman–Crippen MR) is 61.6 cm³/mol. The summed E-state index contributed by atoms with van der Waals surface area (Å²) in [7, 11) is 1.31. The van der Waals surface area contributed by atoms with E-state index in [1.807, 2.05) is 0 Å². The summed E-state index contributed by atoms with van der Waals surface area (Å²) in [6.07, 6.45) is 0.147. The Labute approximate surface area is 99.4 Å². The maximum absolute atomic E-state index is 11.7. The van der Waals surface area contributed by atoms with Crippen molar-refractivity contribution in [1.29, 1.82) is 0 Å². The average Bonchev–Trinajstić information content (AvgIpc) is 2.28. The highest BCUT2D eigenvalue weighted by molar-refractivity contribution is 6.30. The first-order chi connectivity index (χ1) is 7.54. The standard InChI is InChI=1S/C12H13ClO3/c1-8(12(15)16-2)7-11(14)9-3-5-10(13)6-4-9/h3-6,8H,7H2,1-2H3/t8-/m1/s1. The molecule has 0 saturated heterocycles. The third kappa shape index (κ3) is 3.35. The number of hydrogen-bond acceptors (Lipinski definition) is 3. The summed E-state index contributed by atoms with van der Waals surface area (Å²) in [6, 6.07) is 6.60. The van der Waals surface area contributed by atoms with E-state index in [-0.39, 0.29) is 18.2 Å². The Morgan fingerprint density at radius 1 is 1.31 bits per heavy atom. The largest absolute Gasteiger partial charge is 0.469 e. The highest BCUT2D eigenvalue weighted by Crippen LogP contribution is 2.14. The second-order valence-electron chi connectivity index (χ2n) is 3.56. The van der Waals surface area contributed by atoms with Crippen LogP contribution in [0.2, 0.25) is 5.02 Å². The second kappa shape index (κ2) is 5.66. The van der Waals surface area contributed by atoms with Gasteiger partial charge in [0.1, 0.15) is 0 Å². The van der Waals surface area contributed by atoms with Gasteiger partial charge in [-0.05, 0) is 24.3 Å². The molecule has 0 spiro atoms. The van der Waals surface area contributed by atoms with Crippen LogP contribution in [0.1, 0.15) is 23.7 Å². The van der Waals surface area contributed by atoms with E-state index in [0.29, 0.717) is 10.6 Å². The van der Waals surface area contributed by atoms with Crippen molar-refractivity contribution in [2.75, 3.05) is 7.11 Å². The summed E-state index contributed by atoms with van der Waals surface area (Å²) in [5.74, 6) is -0.884. The Morgan fingerprint density at radius 2 is 1.88 bits per heavy atom. The molecule has 86 valence electrons. The van der Waals surface area contributed by atoms with Crippen molar-refractivity contribution in [3.63, 3.8) is 0 Å². The molecule has 0 unspecified atom stereocenters. The van der Waals surface area contributed by atoms with Crippen molar-refractivity contribution >= 4 is 23.4 Å². The number of carbonyl (C=O) groups excluding carboxylic acids is 2. The maximum atomic E-state index is 11.7. The molecule has 1 aromatic carbocycles. The molecular weight excluding hydrogens is 228 g/mol. The van der Waals surface area contributed by atoms with Crippen LogP contribution in [-0.4, -0.2) is 18.9 Å². The summed E-state index contributed by atoms with van der Waals surface area (Å²) >= 11 is 5.71. The Bertz CT molecular complexity index is 384. The van der Waals surface area contributed by atoms with Crippen LogP contribution in [0.5, 0.6) is 0 Å². The van der Waals surface area contributed by atoms with Gasteiger partial charge in [0.15, 0.2) is 5.78 Å². The third-order valence-corrected chi connectivity index (χ3v) is 2.51. The Hall–Kier alpha value is -1.35. The molecule has 0 saturated carbocycles. The van der Waals surface area contributed by atoms with Crippen molar-refractivity contribution < 1.29 is 14.3 Å². The van der Waals surface area contributed by atoms with Crippen LogP contribution >= 0.6 is 11.6 Å². The molecule has 0 aliphatic rings. The Morgan fingerprint density at radius 3 is 2.38 bits per heavy atom. The molecule has 0 aromatic heterocycles. The average molecular weight is 241 g/mol. The van der Waals surface area contributed by atoms with E-state index in [4.69, 9.17) is 11.6 Å². The van der Waals surface area contributed by atoms with E-state index in [2.05, 4.69) is 4.74 Å². The number of esters is 1. The number of rotatable bonds is 4. The zero-order chi connectivity index (χ0) is 12.1. The lowest BCUT2D eigenvalue weighted by molar-refractivity contribution is -0.144. The van der Waals surface area contributed by atoms with Crippen molar-refractivity contribution in [3.8, 4) is 0 Å². The van der Waals surface area contributed by atoms with Gasteiger partial charge < -0.3 is 4.74 Å². The highest BCUT2D eigenvalue weighted by Gasteiger charge is 2.18. The summed E-state index contributed by atoms with van der Waals surface area (Å²) in [5, 5.41) is 0.581. The van der Waals surface area contributed by atoms with E-state index in [0.717, 1.165) is 0 Å². The van der Waals surface area contributed by atoms with E-state index >= 15 is 0 Å². The predicted octanol–water partition coefficient (Wildman–Crippen LogP) is 2.72. The minimum atomic E-state index is -0.423. The smallest absolute Gasteiger partial charge is 0.308 e. The Kier molecular flexibility index (Phi) is 4.50. The molecule has 0 fully saturated rings. The summed E-state index contributed by atoms with van der Waals surface area (Å²) in [6.45, 7) is 1.67. The van der Waals surface area contributed by atoms with Crippen molar-refractivity contribution in [1.82, 2.24) is 0 Å². The van der Waals surface area contributed by atoms with Crippen LogP contribution in [0.3, 0.4) is 0 Å². The Balaban J connectivity index is 2.65. The van der Waals surface area contributed by atoms with Crippen LogP contribution in [0.15, 0.2) is 24.3 Å². The van der Waals surface area contributed by atoms with Crippen LogP contribution in [0.4, 0.5) is 0 Å². The van der Waals surface area contributed by atoms with E-state index < -0.39 is 5.92 Å². The maximum Gasteiger partial charge on any atom is 0.308 e. The lowest BCUT2D eigenvalue weighted by Gasteiger charge is -2.07. The van der Waals surface area contributed by atoms with Gasteiger partial charge in [-0.25, -0.2) is 0 Å². The molecule has 1 aromatic rings. The lowest BCUT2D eigenvalue weighted by Crippen LogP contribution is -2.16. The van der Waals surface area contributed by atoms with Crippen LogP contribution in [-0.2, 0) is 9.53 Å². The number of halogens is 1. The topological polar surface area (TPSA) is 43.4 Å². The summed E-state index contributed by atoms with van der Waals surface area (Å²) in [4.78, 5) is 22.9. The fourth-order valence-corrected chi connectivity index (χ4v) is 1.44. The first-order valence-corrected chi connectivity index (χ1v) is 5.29. The first-order valence-electron chi connectivity index (χ1n) is 4.91.